The number of phenolic OH excluding ortho intramolecular Hbond substituents is 1. The summed E-state index contributed by atoms with van der Waals surface area (Å²) in [5, 5.41) is 10.9. The highest BCUT2D eigenvalue weighted by molar-refractivity contribution is 5.83. The Morgan fingerprint density at radius 3 is 3.09 bits per heavy atom. The Kier molecular flexibility index (Phi) is 2.80. The maximum Gasteiger partial charge on any atom is 0.116 e. The van der Waals surface area contributed by atoms with E-state index in [0.29, 0.717) is 17.7 Å². The monoisotopic (exact) mass is 310 g/mol. The van der Waals surface area contributed by atoms with E-state index in [1.807, 2.05) is 18.3 Å². The van der Waals surface area contributed by atoms with Gasteiger partial charge >= 0.3 is 0 Å². The molecule has 0 spiro atoms. The van der Waals surface area contributed by atoms with Crippen molar-refractivity contribution < 1.29 is 9.84 Å². The molecule has 5 aliphatic rings. The molecule has 0 radical (unpaired) electrons. The number of morpholine rings is 1. The van der Waals surface area contributed by atoms with Gasteiger partial charge in [0.1, 0.15) is 5.75 Å². The van der Waals surface area contributed by atoms with E-state index in [9.17, 15) is 5.11 Å². The maximum absolute atomic E-state index is 9.91. The quantitative estimate of drug-likeness (QED) is 0.925. The molecule has 6 heterocycles. The van der Waals surface area contributed by atoms with Crippen molar-refractivity contribution in [3.63, 3.8) is 0 Å². The first-order chi connectivity index (χ1) is 11.2. The number of nitrogens with zero attached hydrogens (tertiary/aromatic N) is 2. The molecule has 4 heteroatoms. The molecule has 0 aliphatic carbocycles. The van der Waals surface area contributed by atoms with E-state index >= 15 is 0 Å². The third kappa shape index (κ3) is 1.82. The second kappa shape index (κ2) is 4.68. The average Bonchev–Trinajstić information content (AvgIpc) is 2.61. The van der Waals surface area contributed by atoms with Gasteiger partial charge in [0.25, 0.3) is 0 Å². The number of hydrogen-bond donors (Lipinski definition) is 1. The zero-order valence-corrected chi connectivity index (χ0v) is 13.4. The molecule has 3 unspecified atom stereocenters. The van der Waals surface area contributed by atoms with Crippen LogP contribution in [0.1, 0.15) is 37.9 Å². The van der Waals surface area contributed by atoms with Gasteiger partial charge in [-0.2, -0.15) is 0 Å². The van der Waals surface area contributed by atoms with E-state index < -0.39 is 0 Å². The first kappa shape index (κ1) is 13.8. The van der Waals surface area contributed by atoms with Gasteiger partial charge in [0.2, 0.25) is 0 Å². The summed E-state index contributed by atoms with van der Waals surface area (Å²) in [4.78, 5) is 7.08. The molecule has 7 rings (SSSR count). The molecular weight excluding hydrogens is 288 g/mol. The van der Waals surface area contributed by atoms with Crippen LogP contribution in [-0.4, -0.2) is 39.7 Å². The molecule has 1 aromatic carbocycles. The topological polar surface area (TPSA) is 45.6 Å². The fourth-order valence-electron chi connectivity index (χ4n) is 5.13. The molecule has 5 saturated heterocycles. The van der Waals surface area contributed by atoms with Gasteiger partial charge in [0.15, 0.2) is 0 Å². The Morgan fingerprint density at radius 2 is 2.30 bits per heavy atom. The van der Waals surface area contributed by atoms with Crippen LogP contribution in [0.25, 0.3) is 10.9 Å². The van der Waals surface area contributed by atoms with E-state index in [0.717, 1.165) is 23.9 Å². The molecule has 0 saturated carbocycles. The molecule has 4 bridgehead atoms. The molecule has 0 amide bonds. The normalized spacial score (nSPS) is 38.3. The fraction of sp³-hybridized carbons (Fsp3) is 0.526. The van der Waals surface area contributed by atoms with E-state index in [-0.39, 0.29) is 11.7 Å². The summed E-state index contributed by atoms with van der Waals surface area (Å²) in [5.41, 5.74) is 2.12. The summed E-state index contributed by atoms with van der Waals surface area (Å²) in [7, 11) is 0. The minimum Gasteiger partial charge on any atom is -0.508 e. The highest BCUT2D eigenvalue weighted by atomic mass is 16.5. The van der Waals surface area contributed by atoms with Crippen molar-refractivity contribution >= 4 is 10.9 Å². The van der Waals surface area contributed by atoms with Gasteiger partial charge in [-0.15, -0.1) is 0 Å². The average molecular weight is 310 g/mol. The summed E-state index contributed by atoms with van der Waals surface area (Å²) in [6, 6.07) is 7.96. The molecule has 5 aliphatic heterocycles. The highest BCUT2D eigenvalue weighted by Gasteiger charge is 2.58. The second-order valence-corrected chi connectivity index (χ2v) is 7.32. The van der Waals surface area contributed by atoms with Gasteiger partial charge in [-0.05, 0) is 61.6 Å². The van der Waals surface area contributed by atoms with Crippen molar-refractivity contribution in [2.45, 2.75) is 43.9 Å². The van der Waals surface area contributed by atoms with Crippen LogP contribution in [-0.2, 0) is 4.74 Å². The first-order valence-corrected chi connectivity index (χ1v) is 8.70. The van der Waals surface area contributed by atoms with Gasteiger partial charge in [-0.3, -0.25) is 9.88 Å². The maximum atomic E-state index is 9.91. The lowest BCUT2D eigenvalue weighted by atomic mass is 9.66. The summed E-state index contributed by atoms with van der Waals surface area (Å²) >= 11 is 0. The van der Waals surface area contributed by atoms with E-state index in [4.69, 9.17) is 4.74 Å². The standard InChI is InChI=1S/C19H22N2O2/c1-2-19-11-21-8-6-12(19)9-17(21)18(23-19)14-5-7-20-16-4-3-13(22)10-15(14)16/h3-5,7,10,12,17-18,22H,2,6,8-9,11H2,1H3/t12?,17?,18-,19-/m0/s1. The molecule has 120 valence electrons. The third-order valence-electron chi connectivity index (χ3n) is 6.35. The number of ether oxygens (including phenoxy) is 1. The van der Waals surface area contributed by atoms with Crippen molar-refractivity contribution in [1.82, 2.24) is 9.88 Å². The molecule has 4 nitrogen and oxygen atoms in total. The molecule has 23 heavy (non-hydrogen) atoms. The molecular formula is C19H22N2O2. The summed E-state index contributed by atoms with van der Waals surface area (Å²) in [6.45, 7) is 4.55. The lowest BCUT2D eigenvalue weighted by Crippen LogP contribution is -2.70. The van der Waals surface area contributed by atoms with Crippen molar-refractivity contribution in [1.29, 1.82) is 0 Å². The number of piperidine rings is 3. The molecule has 5 fully saturated rings. The van der Waals surface area contributed by atoms with Crippen molar-refractivity contribution in [3.8, 4) is 5.75 Å². The zero-order valence-electron chi connectivity index (χ0n) is 13.4. The molecule has 2 aromatic rings. The number of rotatable bonds is 2. The van der Waals surface area contributed by atoms with Gasteiger partial charge in [-0.1, -0.05) is 6.92 Å². The molecule has 5 atom stereocenters. The number of fused-ring (bicyclic) bond motifs is 3. The predicted molar refractivity (Wildman–Crippen MR) is 88.3 cm³/mol. The van der Waals surface area contributed by atoms with Crippen molar-refractivity contribution in [2.24, 2.45) is 5.92 Å². The van der Waals surface area contributed by atoms with Crippen LogP contribution in [0.3, 0.4) is 0 Å². The predicted octanol–water partition coefficient (Wildman–Crippen LogP) is 3.25. The van der Waals surface area contributed by atoms with Gasteiger partial charge in [-0.25, -0.2) is 0 Å². The Morgan fingerprint density at radius 1 is 1.39 bits per heavy atom. The van der Waals surface area contributed by atoms with Crippen LogP contribution >= 0.6 is 0 Å². The zero-order chi connectivity index (χ0) is 15.6. The van der Waals surface area contributed by atoms with Crippen LogP contribution in [0.5, 0.6) is 5.75 Å². The largest absolute Gasteiger partial charge is 0.508 e. The Bertz CT molecular complexity index is 777. The number of aromatic hydroxyl groups is 1. The van der Waals surface area contributed by atoms with Crippen LogP contribution in [0.15, 0.2) is 30.5 Å². The van der Waals surface area contributed by atoms with Crippen LogP contribution < -0.4 is 0 Å². The van der Waals surface area contributed by atoms with Crippen LogP contribution in [0.4, 0.5) is 0 Å². The SMILES string of the molecule is CC[C@]12CN3CCC1CC3[C@H](c1ccnc3ccc(O)cc13)O2. The smallest absolute Gasteiger partial charge is 0.116 e. The number of aromatic nitrogens is 1. The van der Waals surface area contributed by atoms with E-state index in [1.165, 1.54) is 24.9 Å². The lowest BCUT2D eigenvalue weighted by Gasteiger charge is -2.64. The summed E-state index contributed by atoms with van der Waals surface area (Å²) < 4.78 is 6.74. The van der Waals surface area contributed by atoms with Gasteiger partial charge in [0, 0.05) is 24.2 Å². The number of benzene rings is 1. The number of pyridine rings is 1. The summed E-state index contributed by atoms with van der Waals surface area (Å²) in [6.07, 6.45) is 5.54. The Labute approximate surface area is 136 Å². The van der Waals surface area contributed by atoms with Crippen LogP contribution in [0.2, 0.25) is 0 Å². The van der Waals surface area contributed by atoms with E-state index in [1.54, 1.807) is 6.07 Å². The molecule has 1 aromatic heterocycles. The minimum absolute atomic E-state index is 0.0179. The van der Waals surface area contributed by atoms with E-state index in [2.05, 4.69) is 22.9 Å². The van der Waals surface area contributed by atoms with Crippen molar-refractivity contribution in [3.05, 3.63) is 36.0 Å². The Hall–Kier alpha value is -1.65. The fourth-order valence-corrected chi connectivity index (χ4v) is 5.13. The summed E-state index contributed by atoms with van der Waals surface area (Å²) in [5.74, 6) is 1.00. The highest BCUT2D eigenvalue weighted by Crippen LogP contribution is 2.54. The third-order valence-corrected chi connectivity index (χ3v) is 6.35. The second-order valence-electron chi connectivity index (χ2n) is 7.32. The minimum atomic E-state index is 0.0179. The van der Waals surface area contributed by atoms with Crippen molar-refractivity contribution in [2.75, 3.05) is 13.1 Å². The number of hydrogen-bond acceptors (Lipinski definition) is 4. The van der Waals surface area contributed by atoms with Gasteiger partial charge in [0.05, 0.1) is 17.2 Å². The lowest BCUT2D eigenvalue weighted by molar-refractivity contribution is -0.274. The van der Waals surface area contributed by atoms with Crippen LogP contribution in [0, 0.1) is 5.92 Å². The number of phenols is 1. The molecule has 1 N–H and O–H groups in total. The van der Waals surface area contributed by atoms with Gasteiger partial charge < -0.3 is 9.84 Å². The Balaban J connectivity index is 1.64. The first-order valence-electron chi connectivity index (χ1n) is 8.70.